The van der Waals surface area contributed by atoms with Crippen LogP contribution >= 0.6 is 0 Å². The van der Waals surface area contributed by atoms with Crippen molar-refractivity contribution in [3.63, 3.8) is 0 Å². The smallest absolute Gasteiger partial charge is 0.282 e. The Labute approximate surface area is 270 Å². The number of imidazole rings is 1. The van der Waals surface area contributed by atoms with Crippen molar-refractivity contribution < 1.29 is 36.9 Å². The highest BCUT2D eigenvalue weighted by Gasteiger charge is 2.31. The maximum Gasteiger partial charge on any atom is 0.282 e. The first-order valence-electron chi connectivity index (χ1n) is 15.4. The average molecular weight is 659 g/mol. The van der Waals surface area contributed by atoms with Crippen LogP contribution in [0.4, 0.5) is 0 Å². The van der Waals surface area contributed by atoms with Crippen molar-refractivity contribution in [2.45, 2.75) is 25.8 Å². The molecular weight excluding hydrogens is 616 g/mol. The molecular formula is C31H42N6O8S. The summed E-state index contributed by atoms with van der Waals surface area (Å²) in [5, 5.41) is 0. The van der Waals surface area contributed by atoms with Gasteiger partial charge in [0.15, 0.2) is 11.5 Å². The van der Waals surface area contributed by atoms with Crippen LogP contribution in [-0.2, 0) is 21.5 Å². The lowest BCUT2D eigenvalue weighted by Crippen LogP contribution is -2.49. The van der Waals surface area contributed by atoms with Crippen molar-refractivity contribution in [1.29, 1.82) is 0 Å². The average Bonchev–Trinajstić information content (AvgIpc) is 3.56. The van der Waals surface area contributed by atoms with E-state index in [4.69, 9.17) is 23.7 Å². The number of hydrogen-bond acceptors (Lipinski definition) is 10. The summed E-state index contributed by atoms with van der Waals surface area (Å²) < 4.78 is 60.1. The Kier molecular flexibility index (Phi) is 11.3. The van der Waals surface area contributed by atoms with Gasteiger partial charge >= 0.3 is 0 Å². The van der Waals surface area contributed by atoms with Gasteiger partial charge in [0.05, 0.1) is 41.2 Å². The summed E-state index contributed by atoms with van der Waals surface area (Å²) in [6, 6.07) is 8.88. The molecule has 250 valence electrons. The first-order valence-corrected chi connectivity index (χ1v) is 16.8. The number of methoxy groups -OCH3 is 3. The Morgan fingerprint density at radius 3 is 2.35 bits per heavy atom. The van der Waals surface area contributed by atoms with E-state index in [2.05, 4.69) is 9.97 Å². The summed E-state index contributed by atoms with van der Waals surface area (Å²) in [4.78, 5) is 24.6. The van der Waals surface area contributed by atoms with E-state index in [1.165, 1.54) is 22.8 Å². The van der Waals surface area contributed by atoms with Crippen molar-refractivity contribution in [3.8, 4) is 34.6 Å². The molecule has 2 aliphatic heterocycles. The molecule has 3 aromatic rings. The predicted molar refractivity (Wildman–Crippen MR) is 170 cm³/mol. The molecule has 0 radical (unpaired) electrons. The van der Waals surface area contributed by atoms with Gasteiger partial charge in [-0.05, 0) is 43.5 Å². The summed E-state index contributed by atoms with van der Waals surface area (Å²) in [7, 11) is 0.823. The number of aromatic nitrogens is 3. The fourth-order valence-electron chi connectivity index (χ4n) is 5.54. The van der Waals surface area contributed by atoms with E-state index in [1.807, 2.05) is 29.0 Å². The van der Waals surface area contributed by atoms with Crippen molar-refractivity contribution >= 4 is 16.1 Å². The highest BCUT2D eigenvalue weighted by molar-refractivity contribution is 7.86. The SMILES string of the molecule is COc1ccc(C(=O)N2CCCCN(S(=O)(=O)N3CCOCC3)CCCOc3cc(ccc3OC)-c3nccn3CC2)c(OC)n1. The van der Waals surface area contributed by atoms with E-state index in [0.717, 1.165) is 11.4 Å². The zero-order valence-electron chi connectivity index (χ0n) is 26.6. The van der Waals surface area contributed by atoms with Gasteiger partial charge in [0, 0.05) is 69.8 Å². The molecule has 0 spiro atoms. The molecule has 46 heavy (non-hydrogen) atoms. The third-order valence-corrected chi connectivity index (χ3v) is 10.1. The zero-order valence-corrected chi connectivity index (χ0v) is 27.4. The molecule has 0 atom stereocenters. The fourth-order valence-corrected chi connectivity index (χ4v) is 7.20. The summed E-state index contributed by atoms with van der Waals surface area (Å²) in [6.07, 6.45) is 5.21. The van der Waals surface area contributed by atoms with Gasteiger partial charge in [0.1, 0.15) is 11.4 Å². The van der Waals surface area contributed by atoms with E-state index in [-0.39, 0.29) is 18.3 Å². The zero-order chi connectivity index (χ0) is 32.5. The third kappa shape index (κ3) is 7.71. The second-order valence-electron chi connectivity index (χ2n) is 10.8. The van der Waals surface area contributed by atoms with Gasteiger partial charge in [-0.25, -0.2) is 4.98 Å². The first kappa shape index (κ1) is 33.4. The van der Waals surface area contributed by atoms with Crippen LogP contribution in [-0.4, -0.2) is 123 Å². The number of ether oxygens (including phenoxy) is 5. The topological polar surface area (TPSA) is 138 Å². The number of benzene rings is 1. The molecule has 0 unspecified atom stereocenters. The molecule has 2 aliphatic rings. The number of morpholine rings is 1. The molecule has 15 heteroatoms. The van der Waals surface area contributed by atoms with Crippen molar-refractivity contribution in [1.82, 2.24) is 28.0 Å². The minimum absolute atomic E-state index is 0.171. The summed E-state index contributed by atoms with van der Waals surface area (Å²) >= 11 is 0. The number of pyridine rings is 1. The molecule has 1 amide bonds. The summed E-state index contributed by atoms with van der Waals surface area (Å²) in [6.45, 7) is 3.47. The highest BCUT2D eigenvalue weighted by atomic mass is 32.2. The number of carbonyl (C=O) groups excluding carboxylic acids is 1. The van der Waals surface area contributed by atoms with Gasteiger partial charge in [0.2, 0.25) is 11.8 Å². The third-order valence-electron chi connectivity index (χ3n) is 8.02. The van der Waals surface area contributed by atoms with Crippen LogP contribution in [0.15, 0.2) is 42.7 Å². The first-order chi connectivity index (χ1) is 22.3. The van der Waals surface area contributed by atoms with Crippen LogP contribution < -0.4 is 18.9 Å². The molecule has 1 fully saturated rings. The van der Waals surface area contributed by atoms with Gasteiger partial charge in [-0.15, -0.1) is 0 Å². The highest BCUT2D eigenvalue weighted by Crippen LogP contribution is 2.32. The molecule has 5 rings (SSSR count). The fraction of sp³-hybridized carbons (Fsp3) is 0.516. The minimum Gasteiger partial charge on any atom is -0.493 e. The summed E-state index contributed by atoms with van der Waals surface area (Å²) in [5.41, 5.74) is 1.13. The molecule has 1 aromatic carbocycles. The lowest BCUT2D eigenvalue weighted by molar-refractivity contribution is 0.0698. The summed E-state index contributed by atoms with van der Waals surface area (Å²) in [5.74, 6) is 2.09. The Bertz CT molecular complexity index is 1580. The minimum atomic E-state index is -3.72. The number of hydrogen-bond donors (Lipinski definition) is 0. The number of nitrogens with zero attached hydrogens (tertiary/aromatic N) is 6. The molecule has 0 saturated carbocycles. The molecule has 2 bridgehead atoms. The lowest BCUT2D eigenvalue weighted by Gasteiger charge is -2.32. The molecule has 14 nitrogen and oxygen atoms in total. The van der Waals surface area contributed by atoms with Gasteiger partial charge in [-0.2, -0.15) is 22.0 Å². The van der Waals surface area contributed by atoms with Gasteiger partial charge in [-0.1, -0.05) is 0 Å². The van der Waals surface area contributed by atoms with Crippen LogP contribution in [0.25, 0.3) is 11.4 Å². The van der Waals surface area contributed by atoms with Gasteiger partial charge < -0.3 is 33.2 Å². The van der Waals surface area contributed by atoms with E-state index < -0.39 is 10.2 Å². The van der Waals surface area contributed by atoms with E-state index >= 15 is 0 Å². The van der Waals surface area contributed by atoms with E-state index in [1.54, 1.807) is 30.3 Å². The Morgan fingerprint density at radius 2 is 1.59 bits per heavy atom. The molecule has 2 aromatic heterocycles. The van der Waals surface area contributed by atoms with E-state index in [9.17, 15) is 13.2 Å². The normalized spacial score (nSPS) is 17.8. The standard InChI is InChI=1S/C31H42N6O8S/c1-41-26-9-7-24-23-27(26)45-20-6-14-36(46(39,40)37-18-21-44-22-19-37)13-5-4-12-35(17-16-34-15-11-32-29(24)34)31(38)25-8-10-28(42-2)33-30(25)43-3/h7-11,15,23H,4-6,12-14,16-22H2,1-3H3. The monoisotopic (exact) mass is 658 g/mol. The number of rotatable bonds is 6. The van der Waals surface area contributed by atoms with Gasteiger partial charge in [-0.3, -0.25) is 4.79 Å². The largest absolute Gasteiger partial charge is 0.493 e. The maximum absolute atomic E-state index is 13.9. The lowest BCUT2D eigenvalue weighted by atomic mass is 10.2. The van der Waals surface area contributed by atoms with Crippen molar-refractivity contribution in [3.05, 3.63) is 48.3 Å². The van der Waals surface area contributed by atoms with Crippen LogP contribution in [0, 0.1) is 0 Å². The predicted octanol–water partition coefficient (Wildman–Crippen LogP) is 2.55. The Hall–Kier alpha value is -3.92. The van der Waals surface area contributed by atoms with Crippen LogP contribution in [0.1, 0.15) is 29.6 Å². The quantitative estimate of drug-likeness (QED) is 0.389. The van der Waals surface area contributed by atoms with E-state index in [0.29, 0.717) is 101 Å². The van der Waals surface area contributed by atoms with Crippen molar-refractivity contribution in [2.75, 3.05) is 80.4 Å². The molecule has 0 N–H and O–H groups in total. The number of fused-ring (bicyclic) bond motifs is 4. The molecule has 1 saturated heterocycles. The second-order valence-corrected chi connectivity index (χ2v) is 12.8. The van der Waals surface area contributed by atoms with Crippen molar-refractivity contribution in [2.24, 2.45) is 0 Å². The number of amides is 1. The van der Waals surface area contributed by atoms with Crippen LogP contribution in [0.2, 0.25) is 0 Å². The number of carbonyl (C=O) groups is 1. The van der Waals surface area contributed by atoms with Gasteiger partial charge in [0.25, 0.3) is 16.1 Å². The van der Waals surface area contributed by atoms with Crippen LogP contribution in [0.5, 0.6) is 23.3 Å². The van der Waals surface area contributed by atoms with Crippen LogP contribution in [0.3, 0.4) is 0 Å². The second kappa shape index (κ2) is 15.6. The molecule has 0 aliphatic carbocycles. The Balaban J connectivity index is 1.44. The Morgan fingerprint density at radius 1 is 0.826 bits per heavy atom. The molecule has 4 heterocycles. The maximum atomic E-state index is 13.9.